The van der Waals surface area contributed by atoms with E-state index in [4.69, 9.17) is 0 Å². The first-order valence-electron chi connectivity index (χ1n) is 5.19. The lowest BCUT2D eigenvalue weighted by molar-refractivity contribution is -0.126. The Morgan fingerprint density at radius 1 is 1.64 bits per heavy atom. The summed E-state index contributed by atoms with van der Waals surface area (Å²) in [5, 5.41) is 0.933. The molecule has 0 spiro atoms. The minimum atomic E-state index is 0.205. The first-order chi connectivity index (χ1) is 6.72. The van der Waals surface area contributed by atoms with E-state index in [1.165, 1.54) is 12.8 Å². The average Bonchev–Trinajstić information content (AvgIpc) is 2.92. The lowest BCUT2D eigenvalue weighted by atomic mass is 10.3. The molecular weight excluding hydrogens is 196 g/mol. The van der Waals surface area contributed by atoms with E-state index < -0.39 is 0 Å². The molecule has 4 heteroatoms. The van der Waals surface area contributed by atoms with Crippen molar-refractivity contribution in [3.8, 4) is 0 Å². The molecule has 1 aliphatic carbocycles. The molecule has 14 heavy (non-hydrogen) atoms. The Balaban J connectivity index is 1.99. The van der Waals surface area contributed by atoms with E-state index in [0.717, 1.165) is 16.8 Å². The zero-order chi connectivity index (χ0) is 10.1. The van der Waals surface area contributed by atoms with Crippen molar-refractivity contribution in [2.45, 2.75) is 32.2 Å². The van der Waals surface area contributed by atoms with Crippen LogP contribution in [0.1, 0.15) is 26.2 Å². The molecule has 2 atom stereocenters. The Morgan fingerprint density at radius 2 is 2.43 bits per heavy atom. The highest BCUT2D eigenvalue weighted by Gasteiger charge is 2.36. The highest BCUT2D eigenvalue weighted by molar-refractivity contribution is 8.13. The SMILES string of the molecule is CCC1CC1N=C1SCCC(=O)N1C. The molecule has 1 amide bonds. The van der Waals surface area contributed by atoms with E-state index in [1.54, 1.807) is 16.7 Å². The van der Waals surface area contributed by atoms with Crippen molar-refractivity contribution in [2.75, 3.05) is 12.8 Å². The molecule has 0 aromatic rings. The number of amidine groups is 1. The summed E-state index contributed by atoms with van der Waals surface area (Å²) < 4.78 is 0. The third kappa shape index (κ3) is 1.95. The second-order valence-corrected chi connectivity index (χ2v) is 5.00. The molecule has 0 bridgehead atoms. The summed E-state index contributed by atoms with van der Waals surface area (Å²) in [6.07, 6.45) is 3.08. The highest BCUT2D eigenvalue weighted by atomic mass is 32.2. The highest BCUT2D eigenvalue weighted by Crippen LogP contribution is 2.37. The normalized spacial score (nSPS) is 35.1. The molecule has 0 radical (unpaired) electrons. The molecule has 2 unspecified atom stereocenters. The van der Waals surface area contributed by atoms with Crippen LogP contribution in [0.2, 0.25) is 0 Å². The summed E-state index contributed by atoms with van der Waals surface area (Å²) in [5.41, 5.74) is 0. The van der Waals surface area contributed by atoms with Crippen LogP contribution < -0.4 is 0 Å². The lowest BCUT2D eigenvalue weighted by Gasteiger charge is -2.23. The summed E-state index contributed by atoms with van der Waals surface area (Å²) in [7, 11) is 1.83. The molecule has 78 valence electrons. The molecule has 0 N–H and O–H groups in total. The predicted octanol–water partition coefficient (Wildman–Crippen LogP) is 1.74. The van der Waals surface area contributed by atoms with Crippen LogP contribution in [-0.2, 0) is 4.79 Å². The van der Waals surface area contributed by atoms with Crippen LogP contribution in [0.15, 0.2) is 4.99 Å². The number of amides is 1. The molecule has 0 aromatic heterocycles. The quantitative estimate of drug-likeness (QED) is 0.698. The van der Waals surface area contributed by atoms with Crippen molar-refractivity contribution in [1.82, 2.24) is 4.90 Å². The van der Waals surface area contributed by atoms with Crippen LogP contribution in [-0.4, -0.2) is 34.8 Å². The van der Waals surface area contributed by atoms with Crippen molar-refractivity contribution in [3.63, 3.8) is 0 Å². The zero-order valence-electron chi connectivity index (χ0n) is 8.69. The minimum absolute atomic E-state index is 0.205. The summed E-state index contributed by atoms with van der Waals surface area (Å²) >= 11 is 1.71. The van der Waals surface area contributed by atoms with Gasteiger partial charge in [-0.05, 0) is 12.3 Å². The van der Waals surface area contributed by atoms with Crippen molar-refractivity contribution in [1.29, 1.82) is 0 Å². The van der Waals surface area contributed by atoms with Crippen molar-refractivity contribution in [3.05, 3.63) is 0 Å². The topological polar surface area (TPSA) is 32.7 Å². The monoisotopic (exact) mass is 212 g/mol. The van der Waals surface area contributed by atoms with Gasteiger partial charge < -0.3 is 0 Å². The van der Waals surface area contributed by atoms with Gasteiger partial charge in [0.25, 0.3) is 0 Å². The molecular formula is C10H16N2OS. The van der Waals surface area contributed by atoms with Gasteiger partial charge in [0.1, 0.15) is 0 Å². The maximum absolute atomic E-state index is 11.4. The zero-order valence-corrected chi connectivity index (χ0v) is 9.51. The Morgan fingerprint density at radius 3 is 3.07 bits per heavy atom. The van der Waals surface area contributed by atoms with Crippen molar-refractivity contribution < 1.29 is 4.79 Å². The minimum Gasteiger partial charge on any atom is -0.295 e. The van der Waals surface area contributed by atoms with Gasteiger partial charge >= 0.3 is 0 Å². The van der Waals surface area contributed by atoms with E-state index in [2.05, 4.69) is 11.9 Å². The van der Waals surface area contributed by atoms with Crippen LogP contribution >= 0.6 is 11.8 Å². The third-order valence-corrected chi connectivity index (χ3v) is 3.94. The predicted molar refractivity (Wildman–Crippen MR) is 59.5 cm³/mol. The van der Waals surface area contributed by atoms with Crippen LogP contribution in [0.25, 0.3) is 0 Å². The van der Waals surface area contributed by atoms with Gasteiger partial charge in [-0.2, -0.15) is 0 Å². The smallest absolute Gasteiger partial charge is 0.229 e. The molecule has 2 rings (SSSR count). The van der Waals surface area contributed by atoms with Crippen molar-refractivity contribution in [2.24, 2.45) is 10.9 Å². The van der Waals surface area contributed by atoms with Crippen LogP contribution in [0.5, 0.6) is 0 Å². The number of nitrogens with zero attached hydrogens (tertiary/aromatic N) is 2. The summed E-state index contributed by atoms with van der Waals surface area (Å²) in [4.78, 5) is 17.7. The fourth-order valence-corrected chi connectivity index (χ4v) is 2.66. The average molecular weight is 212 g/mol. The molecule has 1 saturated heterocycles. The number of hydrogen-bond donors (Lipinski definition) is 0. The standard InChI is InChI=1S/C10H16N2OS/c1-3-7-6-8(7)11-10-12(2)9(13)4-5-14-10/h7-8H,3-6H2,1-2H3. The van der Waals surface area contributed by atoms with Gasteiger partial charge in [0, 0.05) is 19.2 Å². The number of aliphatic imine (C=N–C) groups is 1. The second kappa shape index (κ2) is 3.93. The molecule has 1 aliphatic heterocycles. The van der Waals surface area contributed by atoms with Gasteiger partial charge in [0.05, 0.1) is 6.04 Å². The molecule has 2 fully saturated rings. The summed E-state index contributed by atoms with van der Waals surface area (Å²) in [6, 6.07) is 0.496. The van der Waals surface area contributed by atoms with Gasteiger partial charge in [-0.25, -0.2) is 0 Å². The van der Waals surface area contributed by atoms with Gasteiger partial charge in [-0.3, -0.25) is 14.7 Å². The second-order valence-electron chi connectivity index (χ2n) is 3.93. The molecule has 3 nitrogen and oxygen atoms in total. The molecule has 1 saturated carbocycles. The number of carbonyl (C=O) groups excluding carboxylic acids is 1. The number of thioether (sulfide) groups is 1. The summed E-state index contributed by atoms with van der Waals surface area (Å²) in [6.45, 7) is 2.20. The largest absolute Gasteiger partial charge is 0.295 e. The molecule has 1 heterocycles. The van der Waals surface area contributed by atoms with E-state index in [9.17, 15) is 4.79 Å². The van der Waals surface area contributed by atoms with Crippen LogP contribution in [0.3, 0.4) is 0 Å². The Bertz CT molecular complexity index is 277. The Hall–Kier alpha value is -0.510. The van der Waals surface area contributed by atoms with E-state index in [-0.39, 0.29) is 5.91 Å². The first-order valence-corrected chi connectivity index (χ1v) is 6.18. The maximum Gasteiger partial charge on any atom is 0.229 e. The van der Waals surface area contributed by atoms with Crippen LogP contribution in [0, 0.1) is 5.92 Å². The molecule has 0 aromatic carbocycles. The van der Waals surface area contributed by atoms with Gasteiger partial charge in [-0.1, -0.05) is 25.1 Å². The Kier molecular flexibility index (Phi) is 2.81. The summed E-state index contributed by atoms with van der Waals surface area (Å²) in [5.74, 6) is 1.87. The lowest BCUT2D eigenvalue weighted by Crippen LogP contribution is -2.35. The fourth-order valence-electron chi connectivity index (χ4n) is 1.70. The van der Waals surface area contributed by atoms with E-state index >= 15 is 0 Å². The maximum atomic E-state index is 11.4. The van der Waals surface area contributed by atoms with E-state index in [1.807, 2.05) is 7.05 Å². The first kappa shape index (κ1) is 10.0. The van der Waals surface area contributed by atoms with Gasteiger partial charge in [0.15, 0.2) is 5.17 Å². The number of hydrogen-bond acceptors (Lipinski definition) is 3. The van der Waals surface area contributed by atoms with E-state index in [0.29, 0.717) is 12.5 Å². The van der Waals surface area contributed by atoms with Gasteiger partial charge in [-0.15, -0.1) is 0 Å². The molecule has 2 aliphatic rings. The van der Waals surface area contributed by atoms with Gasteiger partial charge in [0.2, 0.25) is 5.91 Å². The number of rotatable bonds is 2. The third-order valence-electron chi connectivity index (χ3n) is 2.89. The fraction of sp³-hybridized carbons (Fsp3) is 0.800. The van der Waals surface area contributed by atoms with Crippen molar-refractivity contribution >= 4 is 22.8 Å². The van der Waals surface area contributed by atoms with Crippen LogP contribution in [0.4, 0.5) is 0 Å². The Labute approximate surface area is 89.0 Å². The number of carbonyl (C=O) groups is 1.